The first-order valence-corrected chi connectivity index (χ1v) is 8.31. The third-order valence-electron chi connectivity index (χ3n) is 3.25. The van der Waals surface area contributed by atoms with Gasteiger partial charge in [0.25, 0.3) is 0 Å². The molecule has 0 bridgehead atoms. The fourth-order valence-electron chi connectivity index (χ4n) is 2.19. The Labute approximate surface area is 127 Å². The predicted octanol–water partition coefficient (Wildman–Crippen LogP) is 1.64. The maximum Gasteiger partial charge on any atom is 0.0698 e. The molecule has 0 aromatic carbocycles. The average molecular weight is 349 g/mol. The first kappa shape index (κ1) is 15.4. The van der Waals surface area contributed by atoms with Crippen LogP contribution in [0.5, 0.6) is 0 Å². The van der Waals surface area contributed by atoms with Crippen molar-refractivity contribution in [1.82, 2.24) is 9.80 Å². The monoisotopic (exact) mass is 348 g/mol. The van der Waals surface area contributed by atoms with Crippen LogP contribution in [-0.2, 0) is 11.3 Å². The first-order valence-electron chi connectivity index (χ1n) is 6.64. The van der Waals surface area contributed by atoms with Crippen molar-refractivity contribution < 1.29 is 9.84 Å². The highest BCUT2D eigenvalue weighted by Gasteiger charge is 2.17. The van der Waals surface area contributed by atoms with Crippen LogP contribution in [0.4, 0.5) is 0 Å². The second-order valence-corrected chi connectivity index (χ2v) is 6.60. The summed E-state index contributed by atoms with van der Waals surface area (Å²) >= 11 is 5.32. The summed E-state index contributed by atoms with van der Waals surface area (Å²) in [5.74, 6) is 0. The van der Waals surface area contributed by atoms with Crippen molar-refractivity contribution in [2.24, 2.45) is 0 Å². The smallest absolute Gasteiger partial charge is 0.0698 e. The molecular formula is C13H21BrN2O2S. The summed E-state index contributed by atoms with van der Waals surface area (Å²) in [6, 6.07) is 2.21. The minimum Gasteiger partial charge on any atom is -0.394 e. The highest BCUT2D eigenvalue weighted by atomic mass is 79.9. The van der Waals surface area contributed by atoms with Crippen LogP contribution in [0, 0.1) is 0 Å². The van der Waals surface area contributed by atoms with Crippen molar-refractivity contribution in [3.8, 4) is 0 Å². The summed E-state index contributed by atoms with van der Waals surface area (Å²) in [6.07, 6.45) is 0. The Hall–Kier alpha value is 0.0200. The van der Waals surface area contributed by atoms with Gasteiger partial charge in [-0.15, -0.1) is 11.3 Å². The summed E-state index contributed by atoms with van der Waals surface area (Å²) < 4.78 is 6.49. The van der Waals surface area contributed by atoms with E-state index in [1.54, 1.807) is 0 Å². The lowest BCUT2D eigenvalue weighted by Gasteiger charge is -2.34. The maximum absolute atomic E-state index is 8.63. The Bertz CT molecular complexity index is 367. The molecule has 1 N–H and O–H groups in total. The summed E-state index contributed by atoms with van der Waals surface area (Å²) in [5.41, 5.74) is 0. The molecule has 1 fully saturated rings. The molecule has 0 saturated carbocycles. The van der Waals surface area contributed by atoms with Gasteiger partial charge in [-0.2, -0.15) is 0 Å². The van der Waals surface area contributed by atoms with Crippen LogP contribution in [-0.4, -0.2) is 67.5 Å². The molecule has 0 unspecified atom stereocenters. The molecule has 1 aliphatic rings. The van der Waals surface area contributed by atoms with Crippen LogP contribution in [0.15, 0.2) is 15.9 Å². The van der Waals surface area contributed by atoms with E-state index in [2.05, 4.69) is 37.2 Å². The zero-order valence-electron chi connectivity index (χ0n) is 11.1. The number of aliphatic hydroxyl groups excluding tert-OH is 1. The molecule has 108 valence electrons. The quantitative estimate of drug-likeness (QED) is 0.760. The molecule has 0 radical (unpaired) electrons. The zero-order chi connectivity index (χ0) is 13.5. The van der Waals surface area contributed by atoms with Gasteiger partial charge in [0.15, 0.2) is 0 Å². The lowest BCUT2D eigenvalue weighted by Crippen LogP contribution is -2.46. The van der Waals surface area contributed by atoms with E-state index < -0.39 is 0 Å². The van der Waals surface area contributed by atoms with Gasteiger partial charge in [-0.3, -0.25) is 9.80 Å². The molecule has 2 heterocycles. The number of halogens is 1. The van der Waals surface area contributed by atoms with Crippen molar-refractivity contribution in [3.05, 3.63) is 20.8 Å². The molecule has 1 aromatic heterocycles. The van der Waals surface area contributed by atoms with E-state index in [0.29, 0.717) is 6.61 Å². The molecule has 1 aliphatic heterocycles. The summed E-state index contributed by atoms with van der Waals surface area (Å²) in [7, 11) is 0. The van der Waals surface area contributed by atoms with Crippen LogP contribution >= 0.6 is 27.3 Å². The number of hydrogen-bond acceptors (Lipinski definition) is 5. The van der Waals surface area contributed by atoms with Crippen LogP contribution < -0.4 is 0 Å². The molecule has 1 saturated heterocycles. The lowest BCUT2D eigenvalue weighted by molar-refractivity contribution is 0.0565. The lowest BCUT2D eigenvalue weighted by atomic mass is 10.3. The number of ether oxygens (including phenoxy) is 1. The summed E-state index contributed by atoms with van der Waals surface area (Å²) in [5, 5.41) is 10.8. The number of rotatable bonds is 7. The first-order chi connectivity index (χ1) is 9.28. The van der Waals surface area contributed by atoms with E-state index >= 15 is 0 Å². The third-order valence-corrected chi connectivity index (χ3v) is 4.94. The molecule has 1 aromatic rings. The second kappa shape index (κ2) is 8.34. The molecule has 2 rings (SSSR count). The topological polar surface area (TPSA) is 35.9 Å². The van der Waals surface area contributed by atoms with E-state index in [-0.39, 0.29) is 6.61 Å². The van der Waals surface area contributed by atoms with Crippen molar-refractivity contribution >= 4 is 27.3 Å². The molecule has 19 heavy (non-hydrogen) atoms. The van der Waals surface area contributed by atoms with Gasteiger partial charge in [-0.05, 0) is 22.0 Å². The van der Waals surface area contributed by atoms with E-state index in [0.717, 1.165) is 45.9 Å². The predicted molar refractivity (Wildman–Crippen MR) is 81.6 cm³/mol. The van der Waals surface area contributed by atoms with Crippen molar-refractivity contribution in [3.63, 3.8) is 0 Å². The Morgan fingerprint density at radius 2 is 1.95 bits per heavy atom. The fourth-order valence-corrected chi connectivity index (χ4v) is 3.68. The fraction of sp³-hybridized carbons (Fsp3) is 0.692. The van der Waals surface area contributed by atoms with Gasteiger partial charge in [0.1, 0.15) is 0 Å². The van der Waals surface area contributed by atoms with E-state index in [1.807, 2.05) is 11.3 Å². The second-order valence-electron chi connectivity index (χ2n) is 4.69. The molecular weight excluding hydrogens is 328 g/mol. The standard InChI is InChI=1S/C13H21BrN2O2S/c14-12-9-13(19-11-12)10-16-3-1-15(2-4-16)5-7-18-8-6-17/h9,11,17H,1-8,10H2. The van der Waals surface area contributed by atoms with Gasteiger partial charge in [0.05, 0.1) is 19.8 Å². The molecule has 4 nitrogen and oxygen atoms in total. The van der Waals surface area contributed by atoms with Gasteiger partial charge < -0.3 is 9.84 Å². The van der Waals surface area contributed by atoms with Crippen molar-refractivity contribution in [2.75, 3.05) is 52.5 Å². The number of aliphatic hydroxyl groups is 1. The van der Waals surface area contributed by atoms with Crippen LogP contribution in [0.25, 0.3) is 0 Å². The normalized spacial score (nSPS) is 18.0. The number of hydrogen-bond donors (Lipinski definition) is 1. The largest absolute Gasteiger partial charge is 0.394 e. The molecule has 0 amide bonds. The van der Waals surface area contributed by atoms with Gasteiger partial charge >= 0.3 is 0 Å². The van der Waals surface area contributed by atoms with Crippen LogP contribution in [0.3, 0.4) is 0 Å². The Morgan fingerprint density at radius 3 is 2.58 bits per heavy atom. The van der Waals surface area contributed by atoms with Crippen LogP contribution in [0.1, 0.15) is 4.88 Å². The Balaban J connectivity index is 1.62. The summed E-state index contributed by atoms with van der Waals surface area (Å²) in [6.45, 7) is 7.77. The number of nitrogens with zero attached hydrogens (tertiary/aromatic N) is 2. The molecule has 0 atom stereocenters. The Morgan fingerprint density at radius 1 is 1.21 bits per heavy atom. The Kier molecular flexibility index (Phi) is 6.76. The number of thiophene rings is 1. The van der Waals surface area contributed by atoms with Gasteiger partial charge in [0, 0.05) is 54.0 Å². The molecule has 0 spiro atoms. The van der Waals surface area contributed by atoms with Crippen LogP contribution in [0.2, 0.25) is 0 Å². The summed E-state index contributed by atoms with van der Waals surface area (Å²) in [4.78, 5) is 6.35. The minimum absolute atomic E-state index is 0.115. The number of piperazine rings is 1. The highest BCUT2D eigenvalue weighted by molar-refractivity contribution is 9.10. The maximum atomic E-state index is 8.63. The highest BCUT2D eigenvalue weighted by Crippen LogP contribution is 2.21. The van der Waals surface area contributed by atoms with E-state index in [9.17, 15) is 0 Å². The minimum atomic E-state index is 0.115. The van der Waals surface area contributed by atoms with Gasteiger partial charge in [-0.25, -0.2) is 0 Å². The third kappa shape index (κ3) is 5.49. The van der Waals surface area contributed by atoms with Crippen molar-refractivity contribution in [1.29, 1.82) is 0 Å². The molecule has 6 heteroatoms. The van der Waals surface area contributed by atoms with E-state index in [4.69, 9.17) is 9.84 Å². The van der Waals surface area contributed by atoms with E-state index in [1.165, 1.54) is 9.35 Å². The SMILES string of the molecule is OCCOCCN1CCN(Cc2cc(Br)cs2)CC1. The van der Waals surface area contributed by atoms with Gasteiger partial charge in [-0.1, -0.05) is 0 Å². The van der Waals surface area contributed by atoms with Crippen molar-refractivity contribution in [2.45, 2.75) is 6.54 Å². The molecule has 0 aliphatic carbocycles. The average Bonchev–Trinajstić information content (AvgIpc) is 2.82. The van der Waals surface area contributed by atoms with Gasteiger partial charge in [0.2, 0.25) is 0 Å². The zero-order valence-corrected chi connectivity index (χ0v) is 13.5.